The van der Waals surface area contributed by atoms with Crippen molar-refractivity contribution in [1.82, 2.24) is 10.2 Å². The highest BCUT2D eigenvalue weighted by atomic mass is 15.2. The highest BCUT2D eigenvalue weighted by Gasteiger charge is 2.32. The van der Waals surface area contributed by atoms with Gasteiger partial charge in [-0.2, -0.15) is 0 Å². The molecule has 3 unspecified atom stereocenters. The molecule has 0 amide bonds. The SMILES string of the molecule is CCC1CNCCN1C1CCCCC1C. The largest absolute Gasteiger partial charge is 0.314 e. The van der Waals surface area contributed by atoms with Crippen molar-refractivity contribution in [3.8, 4) is 0 Å². The summed E-state index contributed by atoms with van der Waals surface area (Å²) in [5.74, 6) is 0.922. The van der Waals surface area contributed by atoms with Crippen LogP contribution in [0.4, 0.5) is 0 Å². The van der Waals surface area contributed by atoms with Crippen molar-refractivity contribution in [3.05, 3.63) is 0 Å². The van der Waals surface area contributed by atoms with E-state index in [4.69, 9.17) is 0 Å². The molecule has 0 aromatic carbocycles. The van der Waals surface area contributed by atoms with Gasteiger partial charge in [-0.25, -0.2) is 0 Å². The van der Waals surface area contributed by atoms with Gasteiger partial charge in [0.25, 0.3) is 0 Å². The van der Waals surface area contributed by atoms with Crippen LogP contribution in [0.5, 0.6) is 0 Å². The molecule has 0 radical (unpaired) electrons. The molecule has 1 aliphatic carbocycles. The van der Waals surface area contributed by atoms with E-state index >= 15 is 0 Å². The zero-order valence-electron chi connectivity index (χ0n) is 10.3. The first-order valence-corrected chi connectivity index (χ1v) is 6.79. The standard InChI is InChI=1S/C13H26N2/c1-3-12-10-14-8-9-15(12)13-7-5-4-6-11(13)2/h11-14H,3-10H2,1-2H3. The van der Waals surface area contributed by atoms with Gasteiger partial charge in [-0.15, -0.1) is 0 Å². The van der Waals surface area contributed by atoms with Crippen LogP contribution in [0, 0.1) is 5.92 Å². The Bertz CT molecular complexity index is 193. The van der Waals surface area contributed by atoms with Gasteiger partial charge in [-0.1, -0.05) is 26.7 Å². The van der Waals surface area contributed by atoms with E-state index in [0.717, 1.165) is 18.0 Å². The van der Waals surface area contributed by atoms with Gasteiger partial charge < -0.3 is 5.32 Å². The number of rotatable bonds is 2. The van der Waals surface area contributed by atoms with E-state index in [1.165, 1.54) is 51.7 Å². The lowest BCUT2D eigenvalue weighted by molar-refractivity contribution is 0.0504. The van der Waals surface area contributed by atoms with Gasteiger partial charge in [-0.05, 0) is 25.2 Å². The van der Waals surface area contributed by atoms with E-state index in [2.05, 4.69) is 24.1 Å². The molecule has 0 aromatic heterocycles. The first-order valence-electron chi connectivity index (χ1n) is 6.79. The van der Waals surface area contributed by atoms with Crippen LogP contribution in [0.2, 0.25) is 0 Å². The van der Waals surface area contributed by atoms with Crippen molar-refractivity contribution in [2.24, 2.45) is 5.92 Å². The van der Waals surface area contributed by atoms with Crippen LogP contribution in [0.25, 0.3) is 0 Å². The number of piperazine rings is 1. The van der Waals surface area contributed by atoms with Crippen LogP contribution in [-0.4, -0.2) is 36.6 Å². The third kappa shape index (κ3) is 2.54. The molecule has 0 spiro atoms. The molecule has 1 heterocycles. The molecule has 3 atom stereocenters. The molecule has 2 heteroatoms. The van der Waals surface area contributed by atoms with Gasteiger partial charge in [0.15, 0.2) is 0 Å². The molecule has 2 fully saturated rings. The number of hydrogen-bond acceptors (Lipinski definition) is 2. The molecule has 1 saturated heterocycles. The summed E-state index contributed by atoms with van der Waals surface area (Å²) in [6.07, 6.45) is 7.11. The van der Waals surface area contributed by atoms with E-state index in [0.29, 0.717) is 0 Å². The Balaban J connectivity index is 1.99. The van der Waals surface area contributed by atoms with Crippen LogP contribution in [-0.2, 0) is 0 Å². The summed E-state index contributed by atoms with van der Waals surface area (Å²) in [6.45, 7) is 8.46. The van der Waals surface area contributed by atoms with Crippen molar-refractivity contribution in [2.75, 3.05) is 19.6 Å². The third-order valence-corrected chi connectivity index (χ3v) is 4.36. The average molecular weight is 210 g/mol. The Hall–Kier alpha value is -0.0800. The molecule has 1 saturated carbocycles. The predicted octanol–water partition coefficient (Wildman–Crippen LogP) is 2.25. The van der Waals surface area contributed by atoms with Crippen LogP contribution in [0.15, 0.2) is 0 Å². The quantitative estimate of drug-likeness (QED) is 0.752. The maximum absolute atomic E-state index is 3.53. The van der Waals surface area contributed by atoms with Gasteiger partial charge in [0.1, 0.15) is 0 Å². The second-order valence-electron chi connectivity index (χ2n) is 5.33. The fraction of sp³-hybridized carbons (Fsp3) is 1.00. The Kier molecular flexibility index (Phi) is 4.04. The van der Waals surface area contributed by atoms with E-state index in [1.54, 1.807) is 0 Å². The van der Waals surface area contributed by atoms with Crippen molar-refractivity contribution in [2.45, 2.75) is 58.0 Å². The molecule has 15 heavy (non-hydrogen) atoms. The molecule has 1 aliphatic heterocycles. The van der Waals surface area contributed by atoms with Crippen molar-refractivity contribution >= 4 is 0 Å². The number of nitrogens with zero attached hydrogens (tertiary/aromatic N) is 1. The summed E-state index contributed by atoms with van der Waals surface area (Å²) < 4.78 is 0. The van der Waals surface area contributed by atoms with Crippen LogP contribution < -0.4 is 5.32 Å². The Morgan fingerprint density at radius 3 is 2.80 bits per heavy atom. The van der Waals surface area contributed by atoms with E-state index in [9.17, 15) is 0 Å². The van der Waals surface area contributed by atoms with Gasteiger partial charge in [-0.3, -0.25) is 4.90 Å². The maximum Gasteiger partial charge on any atom is 0.0221 e. The fourth-order valence-electron chi connectivity index (χ4n) is 3.38. The summed E-state index contributed by atoms with van der Waals surface area (Å²) in [5.41, 5.74) is 0. The Morgan fingerprint density at radius 1 is 1.27 bits per heavy atom. The van der Waals surface area contributed by atoms with Gasteiger partial charge in [0.05, 0.1) is 0 Å². The van der Waals surface area contributed by atoms with Crippen molar-refractivity contribution in [1.29, 1.82) is 0 Å². The van der Waals surface area contributed by atoms with Crippen LogP contribution in [0.3, 0.4) is 0 Å². The highest BCUT2D eigenvalue weighted by molar-refractivity contribution is 4.88. The topological polar surface area (TPSA) is 15.3 Å². The molecular weight excluding hydrogens is 184 g/mol. The fourth-order valence-corrected chi connectivity index (χ4v) is 3.38. The summed E-state index contributed by atoms with van der Waals surface area (Å²) in [7, 11) is 0. The highest BCUT2D eigenvalue weighted by Crippen LogP contribution is 2.30. The minimum Gasteiger partial charge on any atom is -0.314 e. The molecule has 0 aromatic rings. The van der Waals surface area contributed by atoms with Crippen LogP contribution >= 0.6 is 0 Å². The minimum atomic E-state index is 0.796. The first kappa shape index (κ1) is 11.4. The molecule has 2 aliphatic rings. The monoisotopic (exact) mass is 210 g/mol. The second kappa shape index (κ2) is 5.31. The second-order valence-corrected chi connectivity index (χ2v) is 5.33. The number of hydrogen-bond donors (Lipinski definition) is 1. The van der Waals surface area contributed by atoms with Crippen molar-refractivity contribution in [3.63, 3.8) is 0 Å². The summed E-state index contributed by atoms with van der Waals surface area (Å²) in [5, 5.41) is 3.53. The minimum absolute atomic E-state index is 0.796. The maximum atomic E-state index is 3.53. The Morgan fingerprint density at radius 2 is 2.07 bits per heavy atom. The molecular formula is C13H26N2. The van der Waals surface area contributed by atoms with E-state index < -0.39 is 0 Å². The molecule has 2 rings (SSSR count). The smallest absolute Gasteiger partial charge is 0.0221 e. The summed E-state index contributed by atoms with van der Waals surface area (Å²) in [6, 6.07) is 1.68. The van der Waals surface area contributed by atoms with Gasteiger partial charge >= 0.3 is 0 Å². The molecule has 88 valence electrons. The van der Waals surface area contributed by atoms with E-state index in [-0.39, 0.29) is 0 Å². The van der Waals surface area contributed by atoms with Crippen LogP contribution in [0.1, 0.15) is 46.0 Å². The first-order chi connectivity index (χ1) is 7.33. The molecule has 1 N–H and O–H groups in total. The molecule has 2 nitrogen and oxygen atoms in total. The Labute approximate surface area is 94.4 Å². The van der Waals surface area contributed by atoms with Gasteiger partial charge in [0.2, 0.25) is 0 Å². The third-order valence-electron chi connectivity index (χ3n) is 4.36. The summed E-state index contributed by atoms with van der Waals surface area (Å²) in [4.78, 5) is 2.81. The summed E-state index contributed by atoms with van der Waals surface area (Å²) >= 11 is 0. The zero-order valence-corrected chi connectivity index (χ0v) is 10.3. The lowest BCUT2D eigenvalue weighted by atomic mass is 9.83. The normalized spacial score (nSPS) is 39.2. The number of nitrogens with one attached hydrogen (secondary N) is 1. The average Bonchev–Trinajstić information content (AvgIpc) is 2.30. The van der Waals surface area contributed by atoms with E-state index in [1.807, 2.05) is 0 Å². The van der Waals surface area contributed by atoms with Crippen molar-refractivity contribution < 1.29 is 0 Å². The molecule has 0 bridgehead atoms. The zero-order chi connectivity index (χ0) is 10.7. The van der Waals surface area contributed by atoms with Gasteiger partial charge in [0, 0.05) is 31.7 Å². The lowest BCUT2D eigenvalue weighted by Gasteiger charge is -2.45. The predicted molar refractivity (Wildman–Crippen MR) is 65.1 cm³/mol. The lowest BCUT2D eigenvalue weighted by Crippen LogP contribution is -2.56.